The van der Waals surface area contributed by atoms with E-state index in [2.05, 4.69) is 26.9 Å². The van der Waals surface area contributed by atoms with E-state index < -0.39 is 5.91 Å². The van der Waals surface area contributed by atoms with Crippen LogP contribution in [-0.4, -0.2) is 69.7 Å². The molecule has 2 N–H and O–H groups in total. The predicted octanol–water partition coefficient (Wildman–Crippen LogP) is 0.498. The topological polar surface area (TPSA) is 80.3 Å². The highest BCUT2D eigenvalue weighted by atomic mass is 16.1. The molecule has 0 radical (unpaired) electrons. The van der Waals surface area contributed by atoms with E-state index in [1.165, 1.54) is 25.8 Å². The molecule has 3 heterocycles. The van der Waals surface area contributed by atoms with Gasteiger partial charge in [0.25, 0.3) is 5.91 Å². The molecule has 7 nitrogen and oxygen atoms in total. The first-order valence-corrected chi connectivity index (χ1v) is 8.27. The van der Waals surface area contributed by atoms with Crippen molar-refractivity contribution in [2.24, 2.45) is 5.73 Å². The first kappa shape index (κ1) is 15.4. The summed E-state index contributed by atoms with van der Waals surface area (Å²) in [5.74, 6) is -0.444. The molecule has 2 saturated heterocycles. The maximum absolute atomic E-state index is 11.1. The fraction of sp³-hybridized carbons (Fsp3) is 0.800. The quantitative estimate of drug-likeness (QED) is 0.857. The highest BCUT2D eigenvalue weighted by Gasteiger charge is 2.25. The second-order valence-electron chi connectivity index (χ2n) is 6.57. The van der Waals surface area contributed by atoms with E-state index in [4.69, 9.17) is 5.73 Å². The Kier molecular flexibility index (Phi) is 4.73. The van der Waals surface area contributed by atoms with Crippen molar-refractivity contribution in [2.45, 2.75) is 44.2 Å². The number of aromatic nitrogens is 3. The Bertz CT molecular complexity index is 516. The first-order chi connectivity index (χ1) is 10.6. The van der Waals surface area contributed by atoms with Crippen molar-refractivity contribution in [3.05, 3.63) is 12.2 Å². The fourth-order valence-electron chi connectivity index (χ4n) is 3.69. The molecule has 1 aromatic heterocycles. The number of rotatable bonds is 5. The smallest absolute Gasteiger partial charge is 0.288 e. The van der Waals surface area contributed by atoms with Crippen LogP contribution in [0.4, 0.5) is 0 Å². The largest absolute Gasteiger partial charge is 0.363 e. The van der Waals surface area contributed by atoms with Gasteiger partial charge in [0.05, 0.1) is 6.04 Å². The van der Waals surface area contributed by atoms with Crippen LogP contribution in [0.3, 0.4) is 0 Å². The molecule has 122 valence electrons. The van der Waals surface area contributed by atoms with Gasteiger partial charge in [0.2, 0.25) is 5.82 Å². The van der Waals surface area contributed by atoms with E-state index in [1.807, 2.05) is 4.68 Å². The molecule has 1 aromatic rings. The van der Waals surface area contributed by atoms with Crippen LogP contribution < -0.4 is 5.73 Å². The van der Waals surface area contributed by atoms with E-state index >= 15 is 0 Å². The van der Waals surface area contributed by atoms with E-state index in [0.29, 0.717) is 6.04 Å². The lowest BCUT2D eigenvalue weighted by Gasteiger charge is -2.33. The van der Waals surface area contributed by atoms with Crippen LogP contribution in [0.1, 0.15) is 48.8 Å². The van der Waals surface area contributed by atoms with E-state index in [1.54, 1.807) is 6.33 Å². The number of nitrogens with two attached hydrogens (primary N) is 1. The SMILES string of the molecule is CN1CCC[C@@H]1CCN1CCC[C@H](n2cnc(C(N)=O)n2)C1. The Morgan fingerprint density at radius 3 is 2.86 bits per heavy atom. The number of carbonyl (C=O) groups excluding carboxylic acids is 1. The van der Waals surface area contributed by atoms with Crippen LogP contribution >= 0.6 is 0 Å². The van der Waals surface area contributed by atoms with Crippen LogP contribution in [0.25, 0.3) is 0 Å². The molecule has 0 aliphatic carbocycles. The van der Waals surface area contributed by atoms with E-state index in [9.17, 15) is 4.79 Å². The molecule has 7 heteroatoms. The van der Waals surface area contributed by atoms with Gasteiger partial charge in [0, 0.05) is 12.6 Å². The average Bonchev–Trinajstić information content (AvgIpc) is 3.14. The zero-order valence-corrected chi connectivity index (χ0v) is 13.3. The van der Waals surface area contributed by atoms with Crippen molar-refractivity contribution < 1.29 is 4.79 Å². The van der Waals surface area contributed by atoms with Gasteiger partial charge in [-0.2, -0.15) is 0 Å². The Hall–Kier alpha value is -1.47. The third-order valence-corrected chi connectivity index (χ3v) is 5.03. The summed E-state index contributed by atoms with van der Waals surface area (Å²) < 4.78 is 1.81. The van der Waals surface area contributed by atoms with Crippen molar-refractivity contribution in [3.8, 4) is 0 Å². The third kappa shape index (κ3) is 3.47. The number of likely N-dealkylation sites (tertiary alicyclic amines) is 2. The first-order valence-electron chi connectivity index (χ1n) is 8.27. The molecule has 0 saturated carbocycles. The number of hydrogen-bond acceptors (Lipinski definition) is 5. The van der Waals surface area contributed by atoms with Crippen molar-refractivity contribution >= 4 is 5.91 Å². The summed E-state index contributed by atoms with van der Waals surface area (Å²) in [6.45, 7) is 4.52. The molecule has 2 fully saturated rings. The molecule has 3 rings (SSSR count). The highest BCUT2D eigenvalue weighted by molar-refractivity contribution is 5.88. The Labute approximate surface area is 131 Å². The van der Waals surface area contributed by atoms with Gasteiger partial charge in [-0.25, -0.2) is 9.67 Å². The van der Waals surface area contributed by atoms with Crippen LogP contribution in [0.5, 0.6) is 0 Å². The molecular formula is C15H26N6O. The molecule has 0 unspecified atom stereocenters. The summed E-state index contributed by atoms with van der Waals surface area (Å²) in [7, 11) is 2.23. The van der Waals surface area contributed by atoms with Gasteiger partial charge >= 0.3 is 0 Å². The molecule has 2 aliphatic heterocycles. The summed E-state index contributed by atoms with van der Waals surface area (Å²) in [4.78, 5) is 20.1. The number of carbonyl (C=O) groups is 1. The maximum Gasteiger partial charge on any atom is 0.288 e. The second kappa shape index (κ2) is 6.75. The van der Waals surface area contributed by atoms with Gasteiger partial charge in [-0.3, -0.25) is 4.79 Å². The monoisotopic (exact) mass is 306 g/mol. The van der Waals surface area contributed by atoms with Gasteiger partial charge in [-0.05, 0) is 58.8 Å². The van der Waals surface area contributed by atoms with Crippen LogP contribution in [-0.2, 0) is 0 Å². The summed E-state index contributed by atoms with van der Waals surface area (Å²) in [5.41, 5.74) is 5.22. The molecule has 22 heavy (non-hydrogen) atoms. The molecule has 0 spiro atoms. The summed E-state index contributed by atoms with van der Waals surface area (Å²) in [5, 5.41) is 4.21. The zero-order valence-electron chi connectivity index (χ0n) is 13.3. The van der Waals surface area contributed by atoms with Crippen molar-refractivity contribution in [2.75, 3.05) is 33.2 Å². The van der Waals surface area contributed by atoms with Crippen molar-refractivity contribution in [1.29, 1.82) is 0 Å². The number of nitrogens with zero attached hydrogens (tertiary/aromatic N) is 5. The number of amides is 1. The Morgan fingerprint density at radius 1 is 1.36 bits per heavy atom. The van der Waals surface area contributed by atoms with Gasteiger partial charge in [-0.15, -0.1) is 5.10 Å². The summed E-state index contributed by atoms with van der Waals surface area (Å²) in [6.07, 6.45) is 7.79. The van der Waals surface area contributed by atoms with Gasteiger partial charge in [0.1, 0.15) is 6.33 Å². The molecule has 0 aromatic carbocycles. The minimum Gasteiger partial charge on any atom is -0.363 e. The van der Waals surface area contributed by atoms with Crippen molar-refractivity contribution in [1.82, 2.24) is 24.6 Å². The Balaban J connectivity index is 1.53. The van der Waals surface area contributed by atoms with Gasteiger partial charge < -0.3 is 15.5 Å². The predicted molar refractivity (Wildman–Crippen MR) is 83.5 cm³/mol. The number of hydrogen-bond donors (Lipinski definition) is 1. The highest BCUT2D eigenvalue weighted by Crippen LogP contribution is 2.23. The van der Waals surface area contributed by atoms with Gasteiger partial charge in [-0.1, -0.05) is 0 Å². The minimum absolute atomic E-state index is 0.115. The molecule has 1 amide bonds. The third-order valence-electron chi connectivity index (χ3n) is 5.03. The fourth-order valence-corrected chi connectivity index (χ4v) is 3.69. The molecule has 2 aliphatic rings. The molecule has 2 atom stereocenters. The van der Waals surface area contributed by atoms with E-state index in [0.717, 1.165) is 38.5 Å². The lowest BCUT2D eigenvalue weighted by molar-refractivity contribution is 0.0988. The second-order valence-corrected chi connectivity index (χ2v) is 6.57. The molecule has 0 bridgehead atoms. The standard InChI is InChI=1S/C15H26N6O/c1-19-7-2-4-12(19)6-9-20-8-3-5-13(10-20)21-11-17-15(18-21)14(16)22/h11-13H,2-10H2,1H3,(H2,16,22)/t12-,13+/m1/s1. The van der Waals surface area contributed by atoms with Crippen molar-refractivity contribution in [3.63, 3.8) is 0 Å². The lowest BCUT2D eigenvalue weighted by Crippen LogP contribution is -2.39. The van der Waals surface area contributed by atoms with E-state index in [-0.39, 0.29) is 5.82 Å². The number of piperidine rings is 1. The van der Waals surface area contributed by atoms with Crippen LogP contribution in [0, 0.1) is 0 Å². The minimum atomic E-state index is -0.560. The Morgan fingerprint density at radius 2 is 2.18 bits per heavy atom. The number of primary amides is 1. The average molecular weight is 306 g/mol. The summed E-state index contributed by atoms with van der Waals surface area (Å²) >= 11 is 0. The summed E-state index contributed by atoms with van der Waals surface area (Å²) in [6, 6.07) is 1.05. The van der Waals surface area contributed by atoms with Crippen LogP contribution in [0.2, 0.25) is 0 Å². The van der Waals surface area contributed by atoms with Gasteiger partial charge in [0.15, 0.2) is 0 Å². The lowest BCUT2D eigenvalue weighted by atomic mass is 10.0. The maximum atomic E-state index is 11.1. The zero-order chi connectivity index (χ0) is 15.5. The molecular weight excluding hydrogens is 280 g/mol. The normalized spacial score (nSPS) is 27.3. The van der Waals surface area contributed by atoms with Crippen LogP contribution in [0.15, 0.2) is 6.33 Å².